The normalized spacial score (nSPS) is 20.8. The van der Waals surface area contributed by atoms with Crippen molar-refractivity contribution in [2.24, 2.45) is 11.7 Å². The first kappa shape index (κ1) is 16.4. The Morgan fingerprint density at radius 3 is 2.42 bits per heavy atom. The summed E-state index contributed by atoms with van der Waals surface area (Å²) < 4.78 is 22.3. The van der Waals surface area contributed by atoms with E-state index in [9.17, 15) is 13.2 Å². The van der Waals surface area contributed by atoms with E-state index in [0.29, 0.717) is 12.3 Å². The van der Waals surface area contributed by atoms with Gasteiger partial charge < -0.3 is 11.1 Å². The molecule has 1 amide bonds. The number of carbonyl (C=O) groups excluding carboxylic acids is 1. The molecule has 0 aromatic carbocycles. The Balaban J connectivity index is 2.35. The zero-order chi connectivity index (χ0) is 14.5. The average molecular weight is 290 g/mol. The topological polar surface area (TPSA) is 89.3 Å². The van der Waals surface area contributed by atoms with Gasteiger partial charge in [-0.1, -0.05) is 32.1 Å². The first-order valence-corrected chi connectivity index (χ1v) is 9.07. The summed E-state index contributed by atoms with van der Waals surface area (Å²) in [5, 5.41) is 2.68. The van der Waals surface area contributed by atoms with Crippen molar-refractivity contribution in [1.29, 1.82) is 0 Å². The molecule has 112 valence electrons. The number of sulfone groups is 1. The highest BCUT2D eigenvalue weighted by Crippen LogP contribution is 2.26. The number of nitrogens with one attached hydrogen (secondary N) is 1. The van der Waals surface area contributed by atoms with Gasteiger partial charge in [0, 0.05) is 12.3 Å². The molecule has 2 atom stereocenters. The second kappa shape index (κ2) is 7.24. The summed E-state index contributed by atoms with van der Waals surface area (Å²) in [6.45, 7) is 1.69. The molecule has 2 unspecified atom stereocenters. The molecular formula is C13H26N2O3S. The molecule has 0 spiro atoms. The molecule has 1 saturated carbocycles. The van der Waals surface area contributed by atoms with Crippen LogP contribution in [0.5, 0.6) is 0 Å². The highest BCUT2D eigenvalue weighted by atomic mass is 32.2. The van der Waals surface area contributed by atoms with Crippen LogP contribution >= 0.6 is 0 Å². The van der Waals surface area contributed by atoms with Gasteiger partial charge in [-0.2, -0.15) is 0 Å². The molecule has 5 nitrogen and oxygen atoms in total. The first-order valence-electron chi connectivity index (χ1n) is 7.01. The fraction of sp³-hybridized carbons (Fsp3) is 0.923. The van der Waals surface area contributed by atoms with Crippen molar-refractivity contribution >= 4 is 15.7 Å². The molecule has 1 aliphatic carbocycles. The quantitative estimate of drug-likeness (QED) is 0.758. The Bertz CT molecular complexity index is 389. The molecule has 0 aromatic heterocycles. The fourth-order valence-corrected chi connectivity index (χ4v) is 3.73. The van der Waals surface area contributed by atoms with Crippen LogP contribution in [0.2, 0.25) is 0 Å². The van der Waals surface area contributed by atoms with E-state index >= 15 is 0 Å². The van der Waals surface area contributed by atoms with Gasteiger partial charge in [-0.15, -0.1) is 0 Å². The van der Waals surface area contributed by atoms with Crippen LogP contribution in [-0.4, -0.2) is 38.4 Å². The Labute approximate surface area is 116 Å². The van der Waals surface area contributed by atoms with E-state index in [1.54, 1.807) is 6.92 Å². The molecule has 3 N–H and O–H groups in total. The Morgan fingerprint density at radius 2 is 1.89 bits per heavy atom. The second-order valence-corrected chi connectivity index (χ2v) is 8.03. The van der Waals surface area contributed by atoms with Crippen LogP contribution in [0.25, 0.3) is 0 Å². The summed E-state index contributed by atoms with van der Waals surface area (Å²) in [4.78, 5) is 11.9. The van der Waals surface area contributed by atoms with Crippen molar-refractivity contribution in [3.8, 4) is 0 Å². The summed E-state index contributed by atoms with van der Waals surface area (Å²) >= 11 is 0. The lowest BCUT2D eigenvalue weighted by Crippen LogP contribution is -2.47. The number of nitrogens with two attached hydrogens (primary N) is 1. The third-order valence-electron chi connectivity index (χ3n) is 3.59. The molecule has 0 aliphatic heterocycles. The Kier molecular flexibility index (Phi) is 6.26. The molecule has 0 bridgehead atoms. The molecule has 1 aliphatic rings. The second-order valence-electron chi connectivity index (χ2n) is 5.85. The van der Waals surface area contributed by atoms with E-state index in [2.05, 4.69) is 5.32 Å². The van der Waals surface area contributed by atoms with Gasteiger partial charge in [0.2, 0.25) is 5.91 Å². The van der Waals surface area contributed by atoms with Gasteiger partial charge in [0.05, 0.1) is 11.8 Å². The van der Waals surface area contributed by atoms with Gasteiger partial charge in [-0.3, -0.25) is 4.79 Å². The molecule has 1 fully saturated rings. The van der Waals surface area contributed by atoms with Crippen molar-refractivity contribution in [2.45, 2.75) is 57.5 Å². The van der Waals surface area contributed by atoms with Crippen molar-refractivity contribution < 1.29 is 13.2 Å². The fourth-order valence-electron chi connectivity index (χ4n) is 2.73. The Hall–Kier alpha value is -0.620. The molecule has 1 rings (SSSR count). The van der Waals surface area contributed by atoms with Crippen LogP contribution in [0.1, 0.15) is 45.4 Å². The van der Waals surface area contributed by atoms with E-state index in [1.807, 2.05) is 0 Å². The number of rotatable bonds is 6. The zero-order valence-corrected chi connectivity index (χ0v) is 12.7. The van der Waals surface area contributed by atoms with Crippen LogP contribution in [0.4, 0.5) is 0 Å². The summed E-state index contributed by atoms with van der Waals surface area (Å²) in [5.74, 6) is 0.260. The first-order chi connectivity index (χ1) is 8.78. The van der Waals surface area contributed by atoms with Crippen molar-refractivity contribution in [1.82, 2.24) is 5.32 Å². The summed E-state index contributed by atoms with van der Waals surface area (Å²) in [6, 6.07) is -0.912. The van der Waals surface area contributed by atoms with Crippen LogP contribution in [0, 0.1) is 5.92 Å². The zero-order valence-electron chi connectivity index (χ0n) is 11.9. The highest BCUT2D eigenvalue weighted by Gasteiger charge is 2.22. The minimum Gasteiger partial charge on any atom is -0.351 e. The average Bonchev–Trinajstić information content (AvgIpc) is 2.27. The van der Waals surface area contributed by atoms with Gasteiger partial charge >= 0.3 is 0 Å². The molecular weight excluding hydrogens is 264 g/mol. The predicted octanol–water partition coefficient (Wildman–Crippen LogP) is 0.833. The number of hydrogen-bond donors (Lipinski definition) is 2. The smallest absolute Gasteiger partial charge is 0.237 e. The maximum atomic E-state index is 11.9. The lowest BCUT2D eigenvalue weighted by atomic mass is 9.85. The van der Waals surface area contributed by atoms with Crippen molar-refractivity contribution in [3.05, 3.63) is 0 Å². The van der Waals surface area contributed by atoms with E-state index in [4.69, 9.17) is 5.73 Å². The molecule has 0 saturated heterocycles. The summed E-state index contributed by atoms with van der Waals surface area (Å²) in [6.07, 6.45) is 7.91. The minimum absolute atomic E-state index is 0.0467. The van der Waals surface area contributed by atoms with E-state index in [1.165, 1.54) is 19.3 Å². The van der Waals surface area contributed by atoms with Gasteiger partial charge in [-0.05, 0) is 19.3 Å². The van der Waals surface area contributed by atoms with Gasteiger partial charge in [0.1, 0.15) is 9.84 Å². The summed E-state index contributed by atoms with van der Waals surface area (Å²) in [7, 11) is -3.08. The Morgan fingerprint density at radius 1 is 1.32 bits per heavy atom. The third kappa shape index (κ3) is 6.92. The molecule has 0 heterocycles. The molecule has 0 aromatic rings. The van der Waals surface area contributed by atoms with Crippen LogP contribution in [-0.2, 0) is 14.6 Å². The standard InChI is InChI=1S/C13H26N2O3S/c1-10(9-19(2,17)18)15-13(16)12(14)8-11-6-4-3-5-7-11/h10-12H,3-9,14H2,1-2H3,(H,15,16). The maximum Gasteiger partial charge on any atom is 0.237 e. The van der Waals surface area contributed by atoms with Gasteiger partial charge in [0.15, 0.2) is 0 Å². The lowest BCUT2D eigenvalue weighted by molar-refractivity contribution is -0.123. The predicted molar refractivity (Wildman–Crippen MR) is 76.5 cm³/mol. The van der Waals surface area contributed by atoms with Crippen LogP contribution in [0.3, 0.4) is 0 Å². The SMILES string of the molecule is CC(CS(C)(=O)=O)NC(=O)C(N)CC1CCCCC1. The van der Waals surface area contributed by atoms with Gasteiger partial charge in [0.25, 0.3) is 0 Å². The number of carbonyl (C=O) groups is 1. The van der Waals surface area contributed by atoms with Crippen LogP contribution in [0.15, 0.2) is 0 Å². The van der Waals surface area contributed by atoms with Gasteiger partial charge in [-0.25, -0.2) is 8.42 Å². The van der Waals surface area contributed by atoms with Crippen LogP contribution < -0.4 is 11.1 Å². The number of amides is 1. The van der Waals surface area contributed by atoms with E-state index < -0.39 is 15.9 Å². The molecule has 19 heavy (non-hydrogen) atoms. The van der Waals surface area contributed by atoms with E-state index in [0.717, 1.165) is 19.1 Å². The molecule has 0 radical (unpaired) electrons. The monoisotopic (exact) mass is 290 g/mol. The summed E-state index contributed by atoms with van der Waals surface area (Å²) in [5.41, 5.74) is 5.90. The molecule has 6 heteroatoms. The minimum atomic E-state index is -3.08. The lowest BCUT2D eigenvalue weighted by Gasteiger charge is -2.24. The third-order valence-corrected chi connectivity index (χ3v) is 4.70. The highest BCUT2D eigenvalue weighted by molar-refractivity contribution is 7.90. The van der Waals surface area contributed by atoms with Crippen molar-refractivity contribution in [3.63, 3.8) is 0 Å². The van der Waals surface area contributed by atoms with E-state index in [-0.39, 0.29) is 17.7 Å². The maximum absolute atomic E-state index is 11.9. The van der Waals surface area contributed by atoms with Crippen molar-refractivity contribution in [2.75, 3.05) is 12.0 Å². The number of hydrogen-bond acceptors (Lipinski definition) is 4. The largest absolute Gasteiger partial charge is 0.351 e.